The van der Waals surface area contributed by atoms with E-state index in [9.17, 15) is 4.21 Å². The Morgan fingerprint density at radius 1 is 1.00 bits per heavy atom. The second kappa shape index (κ2) is 9.88. The Bertz CT molecular complexity index is 676. The van der Waals surface area contributed by atoms with E-state index >= 15 is 0 Å². The fraction of sp³-hybridized carbons (Fsp3) is 0.682. The molecule has 1 atom stereocenters. The lowest BCUT2D eigenvalue weighted by Gasteiger charge is -2.44. The zero-order valence-corrected chi connectivity index (χ0v) is 18.7. The van der Waals surface area contributed by atoms with Crippen LogP contribution in [-0.4, -0.2) is 69.6 Å². The van der Waals surface area contributed by atoms with E-state index in [4.69, 9.17) is 4.99 Å². The standard InChI is InChI=1S/C20H30N4OS.C2H6/c1-16(2)17-6-8-19(9-7-17)26(25)24-11-10-21-20(24)23-14-12-22(13-15-23)18-4-3-5-18;1-2/h6-9,16,18H,3-5,10-15H2,1-2H3;1-2H3. The van der Waals surface area contributed by atoms with E-state index in [-0.39, 0.29) is 0 Å². The summed E-state index contributed by atoms with van der Waals surface area (Å²) in [5, 5.41) is 0. The van der Waals surface area contributed by atoms with Gasteiger partial charge in [-0.25, -0.2) is 4.21 Å². The van der Waals surface area contributed by atoms with Crippen molar-refractivity contribution in [3.05, 3.63) is 29.8 Å². The van der Waals surface area contributed by atoms with Gasteiger partial charge in [-0.2, -0.15) is 0 Å². The van der Waals surface area contributed by atoms with Crippen LogP contribution in [-0.2, 0) is 11.0 Å². The normalized spacial score (nSPS) is 21.8. The van der Waals surface area contributed by atoms with Crippen molar-refractivity contribution < 1.29 is 4.21 Å². The van der Waals surface area contributed by atoms with Crippen molar-refractivity contribution in [2.45, 2.75) is 63.8 Å². The van der Waals surface area contributed by atoms with Gasteiger partial charge in [0.2, 0.25) is 5.96 Å². The third-order valence-electron chi connectivity index (χ3n) is 5.92. The lowest BCUT2D eigenvalue weighted by atomic mass is 9.91. The van der Waals surface area contributed by atoms with E-state index in [2.05, 4.69) is 35.8 Å². The highest BCUT2D eigenvalue weighted by atomic mass is 32.2. The molecule has 1 unspecified atom stereocenters. The molecule has 2 aliphatic heterocycles. The first-order valence-corrected chi connectivity index (χ1v) is 12.1. The highest BCUT2D eigenvalue weighted by Gasteiger charge is 2.33. The van der Waals surface area contributed by atoms with Crippen molar-refractivity contribution in [1.82, 2.24) is 14.1 Å². The van der Waals surface area contributed by atoms with Gasteiger partial charge in [-0.05, 0) is 36.5 Å². The van der Waals surface area contributed by atoms with Crippen molar-refractivity contribution >= 4 is 16.9 Å². The highest BCUT2D eigenvalue weighted by molar-refractivity contribution is 7.83. The lowest BCUT2D eigenvalue weighted by Crippen LogP contribution is -2.55. The Hall–Kier alpha value is -1.40. The third kappa shape index (κ3) is 4.60. The Labute approximate surface area is 173 Å². The molecular formula is C22H36N4OS. The van der Waals surface area contributed by atoms with Crippen LogP contribution < -0.4 is 0 Å². The maximum atomic E-state index is 13.1. The van der Waals surface area contributed by atoms with Crippen LogP contribution in [0.5, 0.6) is 0 Å². The maximum Gasteiger partial charge on any atom is 0.209 e. The Morgan fingerprint density at radius 3 is 2.18 bits per heavy atom. The number of aliphatic imine (C=N–C) groups is 1. The number of rotatable bonds is 4. The summed E-state index contributed by atoms with van der Waals surface area (Å²) in [6.07, 6.45) is 4.12. The van der Waals surface area contributed by atoms with E-state index in [1.807, 2.05) is 30.3 Å². The van der Waals surface area contributed by atoms with E-state index < -0.39 is 11.0 Å². The Kier molecular flexibility index (Phi) is 7.52. The summed E-state index contributed by atoms with van der Waals surface area (Å²) >= 11 is 0. The third-order valence-corrected chi connectivity index (χ3v) is 7.34. The number of benzene rings is 1. The molecule has 1 saturated carbocycles. The smallest absolute Gasteiger partial charge is 0.209 e. The minimum absolute atomic E-state index is 0.494. The summed E-state index contributed by atoms with van der Waals surface area (Å²) in [5.74, 6) is 1.43. The minimum atomic E-state index is -1.17. The summed E-state index contributed by atoms with van der Waals surface area (Å²) in [7, 11) is -1.17. The predicted molar refractivity (Wildman–Crippen MR) is 118 cm³/mol. The molecule has 2 heterocycles. The van der Waals surface area contributed by atoms with Crippen LogP contribution in [0.25, 0.3) is 0 Å². The summed E-state index contributed by atoms with van der Waals surface area (Å²) in [6, 6.07) is 9.03. The molecule has 1 aromatic carbocycles. The monoisotopic (exact) mass is 404 g/mol. The zero-order valence-electron chi connectivity index (χ0n) is 17.9. The molecule has 156 valence electrons. The average molecular weight is 405 g/mol. The molecule has 0 aromatic heterocycles. The molecule has 0 amide bonds. The Morgan fingerprint density at radius 2 is 1.64 bits per heavy atom. The average Bonchev–Trinajstić information content (AvgIpc) is 3.18. The van der Waals surface area contributed by atoms with E-state index in [1.165, 1.54) is 24.8 Å². The SMILES string of the molecule is CC.CC(C)c1ccc(S(=O)N2CCN=C2N2CCN(C3CCC3)CC2)cc1. The van der Waals surface area contributed by atoms with Crippen LogP contribution in [0.4, 0.5) is 0 Å². The van der Waals surface area contributed by atoms with Gasteiger partial charge in [0.15, 0.2) is 11.0 Å². The van der Waals surface area contributed by atoms with Crippen LogP contribution in [0, 0.1) is 0 Å². The molecule has 3 aliphatic rings. The molecule has 0 spiro atoms. The van der Waals surface area contributed by atoms with Gasteiger partial charge in [0.25, 0.3) is 0 Å². The van der Waals surface area contributed by atoms with Gasteiger partial charge in [0.05, 0.1) is 18.0 Å². The van der Waals surface area contributed by atoms with Crippen molar-refractivity contribution in [1.29, 1.82) is 0 Å². The molecule has 1 aromatic rings. The van der Waals surface area contributed by atoms with Gasteiger partial charge in [0, 0.05) is 32.2 Å². The quantitative estimate of drug-likeness (QED) is 0.768. The van der Waals surface area contributed by atoms with E-state index in [0.717, 1.165) is 56.2 Å². The number of guanidine groups is 1. The van der Waals surface area contributed by atoms with Crippen molar-refractivity contribution in [2.24, 2.45) is 4.99 Å². The molecule has 1 saturated heterocycles. The van der Waals surface area contributed by atoms with Crippen molar-refractivity contribution in [3.8, 4) is 0 Å². The molecule has 4 rings (SSSR count). The number of nitrogens with zero attached hydrogens (tertiary/aromatic N) is 4. The summed E-state index contributed by atoms with van der Waals surface area (Å²) in [4.78, 5) is 10.5. The molecule has 5 nitrogen and oxygen atoms in total. The Balaban J connectivity index is 0.00000109. The molecule has 0 N–H and O–H groups in total. The van der Waals surface area contributed by atoms with Gasteiger partial charge in [0.1, 0.15) is 0 Å². The van der Waals surface area contributed by atoms with Gasteiger partial charge in [-0.15, -0.1) is 0 Å². The summed E-state index contributed by atoms with van der Waals surface area (Å²) in [6.45, 7) is 14.1. The first-order valence-electron chi connectivity index (χ1n) is 11.0. The fourth-order valence-electron chi connectivity index (χ4n) is 3.97. The first kappa shape index (κ1) is 21.3. The molecule has 6 heteroatoms. The van der Waals surface area contributed by atoms with E-state index in [1.54, 1.807) is 0 Å². The van der Waals surface area contributed by atoms with Crippen LogP contribution in [0.3, 0.4) is 0 Å². The first-order chi connectivity index (χ1) is 13.6. The fourth-order valence-corrected chi connectivity index (χ4v) is 5.16. The molecule has 0 radical (unpaired) electrons. The van der Waals surface area contributed by atoms with Crippen LogP contribution in [0.1, 0.15) is 58.4 Å². The summed E-state index contributed by atoms with van der Waals surface area (Å²) < 4.78 is 15.1. The molecular weight excluding hydrogens is 368 g/mol. The maximum absolute atomic E-state index is 13.1. The van der Waals surface area contributed by atoms with Gasteiger partial charge < -0.3 is 4.90 Å². The molecule has 2 fully saturated rings. The largest absolute Gasteiger partial charge is 0.339 e. The number of piperazine rings is 1. The van der Waals surface area contributed by atoms with Gasteiger partial charge in [-0.1, -0.05) is 46.2 Å². The molecule has 28 heavy (non-hydrogen) atoms. The summed E-state index contributed by atoms with van der Waals surface area (Å²) in [5.41, 5.74) is 1.29. The predicted octanol–water partition coefficient (Wildman–Crippen LogP) is 3.70. The van der Waals surface area contributed by atoms with E-state index in [0.29, 0.717) is 5.92 Å². The van der Waals surface area contributed by atoms with Crippen molar-refractivity contribution in [3.63, 3.8) is 0 Å². The molecule has 0 bridgehead atoms. The van der Waals surface area contributed by atoms with Crippen molar-refractivity contribution in [2.75, 3.05) is 39.3 Å². The van der Waals surface area contributed by atoms with Crippen LogP contribution in [0.15, 0.2) is 34.2 Å². The van der Waals surface area contributed by atoms with Crippen LogP contribution in [0.2, 0.25) is 0 Å². The topological polar surface area (TPSA) is 39.2 Å². The lowest BCUT2D eigenvalue weighted by molar-refractivity contribution is 0.0834. The van der Waals surface area contributed by atoms with Gasteiger partial charge >= 0.3 is 0 Å². The second-order valence-electron chi connectivity index (χ2n) is 7.86. The molecule has 1 aliphatic carbocycles. The highest BCUT2D eigenvalue weighted by Crippen LogP contribution is 2.26. The zero-order chi connectivity index (χ0) is 20.1. The number of hydrogen-bond acceptors (Lipinski definition) is 4. The number of hydrogen-bond donors (Lipinski definition) is 0. The van der Waals surface area contributed by atoms with Crippen LogP contribution >= 0.6 is 0 Å². The second-order valence-corrected chi connectivity index (χ2v) is 9.27. The minimum Gasteiger partial charge on any atom is -0.339 e. The van der Waals surface area contributed by atoms with Gasteiger partial charge in [-0.3, -0.25) is 14.2 Å².